The van der Waals surface area contributed by atoms with Gasteiger partial charge in [0.15, 0.2) is 0 Å². The number of halogens is 1. The molecule has 1 amide bonds. The molecule has 0 aliphatic heterocycles. The Kier molecular flexibility index (Phi) is 3.42. The summed E-state index contributed by atoms with van der Waals surface area (Å²) in [7, 11) is 5.43. The van der Waals surface area contributed by atoms with Crippen LogP contribution in [0.3, 0.4) is 0 Å². The molecule has 0 aliphatic carbocycles. The van der Waals surface area contributed by atoms with Crippen molar-refractivity contribution in [3.63, 3.8) is 0 Å². The summed E-state index contributed by atoms with van der Waals surface area (Å²) in [5.41, 5.74) is 7.79. The van der Waals surface area contributed by atoms with Crippen LogP contribution in [0.15, 0.2) is 12.1 Å². The summed E-state index contributed by atoms with van der Waals surface area (Å²) in [6, 6.07) is 3.43. The molecule has 0 saturated heterocycles. The van der Waals surface area contributed by atoms with Gasteiger partial charge >= 0.3 is 0 Å². The van der Waals surface area contributed by atoms with Crippen LogP contribution < -0.4 is 15.5 Å². The SMILES string of the molecule is CN(C)c1cc(N)c(Cl)cc1N(C)C=O. The molecule has 0 aliphatic rings. The van der Waals surface area contributed by atoms with Gasteiger partial charge in [0.05, 0.1) is 22.1 Å². The third-order valence-electron chi connectivity index (χ3n) is 2.11. The number of hydrogen-bond donors (Lipinski definition) is 1. The fourth-order valence-electron chi connectivity index (χ4n) is 1.26. The van der Waals surface area contributed by atoms with Crippen molar-refractivity contribution < 1.29 is 4.79 Å². The monoisotopic (exact) mass is 227 g/mol. The van der Waals surface area contributed by atoms with Gasteiger partial charge in [-0.15, -0.1) is 0 Å². The van der Waals surface area contributed by atoms with Crippen LogP contribution in [0.2, 0.25) is 5.02 Å². The van der Waals surface area contributed by atoms with E-state index in [1.165, 1.54) is 4.90 Å². The van der Waals surface area contributed by atoms with Crippen molar-refractivity contribution in [2.24, 2.45) is 0 Å². The van der Waals surface area contributed by atoms with E-state index in [0.29, 0.717) is 10.7 Å². The van der Waals surface area contributed by atoms with Crippen molar-refractivity contribution in [2.45, 2.75) is 0 Å². The molecular formula is C10H14ClN3O. The second-order valence-corrected chi connectivity index (χ2v) is 3.88. The summed E-state index contributed by atoms with van der Waals surface area (Å²) in [5.74, 6) is 0. The van der Waals surface area contributed by atoms with E-state index in [4.69, 9.17) is 17.3 Å². The highest BCUT2D eigenvalue weighted by molar-refractivity contribution is 6.33. The minimum Gasteiger partial charge on any atom is -0.397 e. The maximum absolute atomic E-state index is 10.7. The number of hydrogen-bond acceptors (Lipinski definition) is 3. The van der Waals surface area contributed by atoms with Crippen molar-refractivity contribution in [3.8, 4) is 0 Å². The molecule has 0 bridgehead atoms. The molecule has 1 aromatic rings. The summed E-state index contributed by atoms with van der Waals surface area (Å²) < 4.78 is 0. The largest absolute Gasteiger partial charge is 0.397 e. The third-order valence-corrected chi connectivity index (χ3v) is 2.44. The number of rotatable bonds is 3. The van der Waals surface area contributed by atoms with E-state index in [2.05, 4.69) is 0 Å². The number of amides is 1. The van der Waals surface area contributed by atoms with E-state index in [-0.39, 0.29) is 0 Å². The Morgan fingerprint density at radius 2 is 1.87 bits per heavy atom. The molecule has 0 saturated carbocycles. The van der Waals surface area contributed by atoms with E-state index >= 15 is 0 Å². The molecule has 0 unspecified atom stereocenters. The molecule has 0 aromatic heterocycles. The van der Waals surface area contributed by atoms with Gasteiger partial charge in [0.25, 0.3) is 0 Å². The predicted octanol–water partition coefficient (Wildman–Crippen LogP) is 1.58. The van der Waals surface area contributed by atoms with Crippen LogP contribution in [-0.2, 0) is 4.79 Å². The highest BCUT2D eigenvalue weighted by atomic mass is 35.5. The van der Waals surface area contributed by atoms with Gasteiger partial charge in [-0.2, -0.15) is 0 Å². The zero-order chi connectivity index (χ0) is 11.6. The van der Waals surface area contributed by atoms with Crippen LogP contribution in [0.1, 0.15) is 0 Å². The zero-order valence-corrected chi connectivity index (χ0v) is 9.75. The normalized spacial score (nSPS) is 9.87. The molecule has 0 atom stereocenters. The van der Waals surface area contributed by atoms with E-state index in [1.54, 1.807) is 19.2 Å². The number of carbonyl (C=O) groups is 1. The Balaban J connectivity index is 3.34. The van der Waals surface area contributed by atoms with Gasteiger partial charge in [0.2, 0.25) is 6.41 Å². The molecule has 1 aromatic carbocycles. The number of anilines is 3. The predicted molar refractivity (Wildman–Crippen MR) is 64.7 cm³/mol. The van der Waals surface area contributed by atoms with Crippen molar-refractivity contribution >= 4 is 35.1 Å². The van der Waals surface area contributed by atoms with Crippen LogP contribution in [0.25, 0.3) is 0 Å². The first-order chi connectivity index (χ1) is 6.97. The Labute approximate surface area is 94.2 Å². The quantitative estimate of drug-likeness (QED) is 0.630. The average molecular weight is 228 g/mol. The standard InChI is InChI=1S/C10H14ClN3O/c1-13(2)9-5-8(12)7(11)4-10(9)14(3)6-15/h4-6H,12H2,1-3H3. The molecule has 0 radical (unpaired) electrons. The van der Waals surface area contributed by atoms with Gasteiger partial charge in [-0.1, -0.05) is 11.6 Å². The first-order valence-corrected chi connectivity index (χ1v) is 4.79. The number of carbonyl (C=O) groups excluding carboxylic acids is 1. The summed E-state index contributed by atoms with van der Waals surface area (Å²) in [4.78, 5) is 14.0. The van der Waals surface area contributed by atoms with E-state index in [1.807, 2.05) is 19.0 Å². The number of benzene rings is 1. The first kappa shape index (κ1) is 11.7. The number of nitrogens with zero attached hydrogens (tertiary/aromatic N) is 2. The molecule has 0 heterocycles. The molecule has 1 rings (SSSR count). The van der Waals surface area contributed by atoms with Gasteiger partial charge in [0, 0.05) is 21.1 Å². The molecule has 15 heavy (non-hydrogen) atoms. The van der Waals surface area contributed by atoms with Gasteiger partial charge in [0.1, 0.15) is 0 Å². The minimum atomic E-state index is 0.448. The lowest BCUT2D eigenvalue weighted by Gasteiger charge is -2.22. The Morgan fingerprint density at radius 1 is 1.27 bits per heavy atom. The van der Waals surface area contributed by atoms with E-state index in [0.717, 1.165) is 17.8 Å². The Morgan fingerprint density at radius 3 is 2.33 bits per heavy atom. The minimum absolute atomic E-state index is 0.448. The molecule has 0 fully saturated rings. The summed E-state index contributed by atoms with van der Waals surface area (Å²) in [5, 5.41) is 0.448. The van der Waals surface area contributed by atoms with Gasteiger partial charge in [-0.25, -0.2) is 0 Å². The topological polar surface area (TPSA) is 49.6 Å². The highest BCUT2D eigenvalue weighted by Crippen LogP contribution is 2.34. The average Bonchev–Trinajstić information content (AvgIpc) is 2.20. The van der Waals surface area contributed by atoms with Crippen molar-refractivity contribution in [1.29, 1.82) is 0 Å². The maximum Gasteiger partial charge on any atom is 0.213 e. The smallest absolute Gasteiger partial charge is 0.213 e. The molecule has 4 nitrogen and oxygen atoms in total. The summed E-state index contributed by atoms with van der Waals surface area (Å²) in [6.07, 6.45) is 0.731. The van der Waals surface area contributed by atoms with E-state index in [9.17, 15) is 4.79 Å². The lowest BCUT2D eigenvalue weighted by atomic mass is 10.2. The van der Waals surface area contributed by atoms with Crippen molar-refractivity contribution in [2.75, 3.05) is 36.7 Å². The second-order valence-electron chi connectivity index (χ2n) is 3.47. The van der Waals surface area contributed by atoms with Crippen LogP contribution in [0.5, 0.6) is 0 Å². The second kappa shape index (κ2) is 4.40. The van der Waals surface area contributed by atoms with Crippen LogP contribution in [0, 0.1) is 0 Å². The highest BCUT2D eigenvalue weighted by Gasteiger charge is 2.11. The molecule has 82 valence electrons. The zero-order valence-electron chi connectivity index (χ0n) is 8.99. The molecule has 0 spiro atoms. The van der Waals surface area contributed by atoms with Gasteiger partial charge in [-0.3, -0.25) is 4.79 Å². The summed E-state index contributed by atoms with van der Waals surface area (Å²) >= 11 is 5.91. The molecule has 5 heteroatoms. The van der Waals surface area contributed by atoms with Gasteiger partial charge in [-0.05, 0) is 12.1 Å². The lowest BCUT2D eigenvalue weighted by molar-refractivity contribution is -0.107. The fourth-order valence-corrected chi connectivity index (χ4v) is 1.42. The Hall–Kier alpha value is -1.42. The van der Waals surface area contributed by atoms with Crippen LogP contribution >= 0.6 is 11.6 Å². The van der Waals surface area contributed by atoms with Crippen molar-refractivity contribution in [1.82, 2.24) is 0 Å². The summed E-state index contributed by atoms with van der Waals surface area (Å²) in [6.45, 7) is 0. The Bertz CT molecular complexity index is 379. The molecular weight excluding hydrogens is 214 g/mol. The van der Waals surface area contributed by atoms with E-state index < -0.39 is 0 Å². The number of nitrogens with two attached hydrogens (primary N) is 1. The van der Waals surface area contributed by atoms with Crippen molar-refractivity contribution in [3.05, 3.63) is 17.2 Å². The first-order valence-electron chi connectivity index (χ1n) is 4.42. The molecule has 2 N–H and O–H groups in total. The lowest BCUT2D eigenvalue weighted by Crippen LogP contribution is -2.19. The van der Waals surface area contributed by atoms with Crippen LogP contribution in [-0.4, -0.2) is 27.6 Å². The van der Waals surface area contributed by atoms with Gasteiger partial charge < -0.3 is 15.5 Å². The number of nitrogen functional groups attached to an aromatic ring is 1. The third kappa shape index (κ3) is 2.33. The fraction of sp³-hybridized carbons (Fsp3) is 0.300. The maximum atomic E-state index is 10.7. The van der Waals surface area contributed by atoms with Crippen LogP contribution in [0.4, 0.5) is 17.1 Å².